The molecule has 0 spiro atoms. The molecular weight excluding hydrogens is 701 g/mol. The number of furan rings is 2. The highest BCUT2D eigenvalue weighted by atomic mass is 16.3. The van der Waals surface area contributed by atoms with Crippen molar-refractivity contribution in [2.75, 3.05) is 0 Å². The molecule has 5 aromatic heterocycles. The minimum absolute atomic E-state index is 0.581. The van der Waals surface area contributed by atoms with Gasteiger partial charge >= 0.3 is 0 Å². The van der Waals surface area contributed by atoms with Crippen molar-refractivity contribution < 1.29 is 8.83 Å². The van der Waals surface area contributed by atoms with Gasteiger partial charge in [-0.15, -0.1) is 0 Å². The summed E-state index contributed by atoms with van der Waals surface area (Å²) >= 11 is 0. The average Bonchev–Trinajstić information content (AvgIpc) is 3.95. The monoisotopic (exact) mass is 728 g/mol. The van der Waals surface area contributed by atoms with Crippen molar-refractivity contribution in [3.63, 3.8) is 0 Å². The molecule has 0 saturated heterocycles. The van der Waals surface area contributed by atoms with Crippen LogP contribution in [0.15, 0.2) is 179 Å². The Morgan fingerprint density at radius 2 is 1.07 bits per heavy atom. The third kappa shape index (κ3) is 4.38. The van der Waals surface area contributed by atoms with Crippen LogP contribution in [0.3, 0.4) is 0 Å². The van der Waals surface area contributed by atoms with Crippen LogP contribution in [0.4, 0.5) is 0 Å². The fraction of sp³-hybridized carbons (Fsp3) is 0. The average molecular weight is 729 g/mol. The third-order valence-electron chi connectivity index (χ3n) is 11.6. The van der Waals surface area contributed by atoms with Crippen LogP contribution in [0.25, 0.3) is 126 Å². The van der Waals surface area contributed by atoms with Gasteiger partial charge in [0.1, 0.15) is 16.7 Å². The molecule has 0 saturated carbocycles. The number of benzene rings is 8. The Morgan fingerprint density at radius 1 is 0.386 bits per heavy atom. The van der Waals surface area contributed by atoms with Crippen molar-refractivity contribution >= 4 is 109 Å². The van der Waals surface area contributed by atoms with E-state index in [9.17, 15) is 0 Å². The van der Waals surface area contributed by atoms with E-state index in [1.165, 1.54) is 0 Å². The van der Waals surface area contributed by atoms with E-state index in [-0.39, 0.29) is 0 Å². The summed E-state index contributed by atoms with van der Waals surface area (Å²) in [5, 5.41) is 12.8. The van der Waals surface area contributed by atoms with Gasteiger partial charge < -0.3 is 13.4 Å². The minimum Gasteiger partial charge on any atom is -0.456 e. The van der Waals surface area contributed by atoms with Crippen LogP contribution >= 0.6 is 0 Å². The Hall–Kier alpha value is -7.83. The maximum atomic E-state index is 6.64. The van der Waals surface area contributed by atoms with Gasteiger partial charge in [0.15, 0.2) is 22.7 Å². The summed E-state index contributed by atoms with van der Waals surface area (Å²) in [4.78, 5) is 15.7. The molecule has 0 radical (unpaired) electrons. The van der Waals surface area contributed by atoms with Crippen LogP contribution in [0.2, 0.25) is 0 Å². The molecule has 0 aliphatic heterocycles. The van der Waals surface area contributed by atoms with E-state index in [1.807, 2.05) is 24.3 Å². The molecule has 0 fully saturated rings. The lowest BCUT2D eigenvalue weighted by Crippen LogP contribution is -1.97. The fourth-order valence-electron chi connectivity index (χ4n) is 9.03. The zero-order chi connectivity index (χ0) is 37.2. The highest BCUT2D eigenvalue weighted by Crippen LogP contribution is 2.41. The van der Waals surface area contributed by atoms with Crippen LogP contribution in [0.5, 0.6) is 0 Å². The van der Waals surface area contributed by atoms with Crippen molar-refractivity contribution in [1.29, 1.82) is 0 Å². The molecular formula is C51H28N4O2. The molecule has 0 amide bonds. The van der Waals surface area contributed by atoms with E-state index >= 15 is 0 Å². The van der Waals surface area contributed by atoms with Gasteiger partial charge in [-0.2, -0.15) is 0 Å². The summed E-state index contributed by atoms with van der Waals surface area (Å²) in [5.74, 6) is 0.581. The van der Waals surface area contributed by atoms with Crippen LogP contribution < -0.4 is 0 Å². The smallest absolute Gasteiger partial charge is 0.164 e. The van der Waals surface area contributed by atoms with Gasteiger partial charge in [0.05, 0.1) is 11.0 Å². The van der Waals surface area contributed by atoms with Crippen molar-refractivity contribution in [2.24, 2.45) is 0 Å². The molecule has 5 heterocycles. The molecule has 13 rings (SSSR count). The number of hydrogen-bond acceptors (Lipinski definition) is 5. The second kappa shape index (κ2) is 11.4. The number of aromatic nitrogens is 4. The Balaban J connectivity index is 1.14. The number of nitrogens with zero attached hydrogens (tertiary/aromatic N) is 4. The van der Waals surface area contributed by atoms with Crippen molar-refractivity contribution in [3.8, 4) is 17.1 Å². The van der Waals surface area contributed by atoms with Crippen LogP contribution in [-0.2, 0) is 0 Å². The van der Waals surface area contributed by atoms with Crippen molar-refractivity contribution in [3.05, 3.63) is 170 Å². The standard InChI is InChI=1S/C51H28N4O2/c1-2-15-35-30-22-25-44-41(28-30)46-40(18-9-21-45(46)56-44)51-53-49(31-11-7-10-29(26-31)34(35)14-1)52-50(54-51)32-12-8-13-33(27-32)55-42-19-5-3-16-36(42)38-23-24-39-37-17-4-6-20-43(37)57-48(39)47(38)55/h1-28H. The van der Waals surface area contributed by atoms with Crippen LogP contribution in [-0.4, -0.2) is 19.5 Å². The number of rotatable bonds is 2. The number of fused-ring (bicyclic) bond motifs is 17. The largest absolute Gasteiger partial charge is 0.456 e. The van der Waals surface area contributed by atoms with Crippen LogP contribution in [0, 0.1) is 0 Å². The lowest BCUT2D eigenvalue weighted by atomic mass is 10.0. The first-order valence-corrected chi connectivity index (χ1v) is 19.1. The zero-order valence-electron chi connectivity index (χ0n) is 30.3. The van der Waals surface area contributed by atoms with E-state index in [0.717, 1.165) is 109 Å². The molecule has 0 N–H and O–H groups in total. The summed E-state index contributed by atoms with van der Waals surface area (Å²) in [7, 11) is 0. The van der Waals surface area contributed by atoms with Crippen molar-refractivity contribution in [2.45, 2.75) is 0 Å². The van der Waals surface area contributed by atoms with Gasteiger partial charge in [-0.1, -0.05) is 115 Å². The summed E-state index contributed by atoms with van der Waals surface area (Å²) in [6.07, 6.45) is 0. The first-order valence-electron chi connectivity index (χ1n) is 19.1. The number of para-hydroxylation sites is 2. The Morgan fingerprint density at radius 3 is 1.98 bits per heavy atom. The minimum atomic E-state index is 0.581. The summed E-state index contributed by atoms with van der Waals surface area (Å²) in [5.41, 5.74) is 8.50. The van der Waals surface area contributed by atoms with E-state index < -0.39 is 0 Å². The van der Waals surface area contributed by atoms with Gasteiger partial charge in [-0.25, -0.2) is 15.0 Å². The van der Waals surface area contributed by atoms with Gasteiger partial charge in [-0.05, 0) is 76.1 Å². The molecule has 264 valence electrons. The molecule has 57 heavy (non-hydrogen) atoms. The van der Waals surface area contributed by atoms with E-state index in [1.54, 1.807) is 0 Å². The molecule has 6 heteroatoms. The SMILES string of the molecule is c1cc(-c2nc3nc(n2)c2cccc4oc5ccc(cc5c42)c2ccccc2c2cccc3c2)cc(-n2c3ccccc3c3ccc4c5ccccc5oc4c32)c1. The van der Waals surface area contributed by atoms with E-state index in [0.29, 0.717) is 17.1 Å². The van der Waals surface area contributed by atoms with Gasteiger partial charge in [0.25, 0.3) is 0 Å². The zero-order valence-corrected chi connectivity index (χ0v) is 30.3. The second-order valence-electron chi connectivity index (χ2n) is 14.8. The topological polar surface area (TPSA) is 69.9 Å². The second-order valence-corrected chi connectivity index (χ2v) is 14.8. The van der Waals surface area contributed by atoms with E-state index in [4.69, 9.17) is 23.8 Å². The highest BCUT2D eigenvalue weighted by Gasteiger charge is 2.20. The molecule has 0 unspecified atom stereocenters. The molecule has 13 aromatic rings. The lowest BCUT2D eigenvalue weighted by molar-refractivity contribution is 0.669. The molecule has 6 nitrogen and oxygen atoms in total. The first-order chi connectivity index (χ1) is 28.2. The van der Waals surface area contributed by atoms with E-state index in [2.05, 4.69) is 150 Å². The van der Waals surface area contributed by atoms with Gasteiger partial charge in [-0.3, -0.25) is 0 Å². The molecule has 0 atom stereocenters. The fourth-order valence-corrected chi connectivity index (χ4v) is 9.03. The molecule has 8 aromatic carbocycles. The predicted octanol–water partition coefficient (Wildman–Crippen LogP) is 13.6. The summed E-state index contributed by atoms with van der Waals surface area (Å²) < 4.78 is 15.4. The predicted molar refractivity (Wildman–Crippen MR) is 233 cm³/mol. The maximum Gasteiger partial charge on any atom is 0.164 e. The van der Waals surface area contributed by atoms with Crippen LogP contribution in [0.1, 0.15) is 0 Å². The maximum absolute atomic E-state index is 6.64. The Kier molecular flexibility index (Phi) is 6.07. The Labute approximate surface area is 323 Å². The van der Waals surface area contributed by atoms with Gasteiger partial charge in [0.2, 0.25) is 0 Å². The molecule has 0 aliphatic rings. The normalized spacial score (nSPS) is 12.2. The summed E-state index contributed by atoms with van der Waals surface area (Å²) in [6.45, 7) is 0. The quantitative estimate of drug-likeness (QED) is 0.177. The molecule has 0 aliphatic carbocycles. The third-order valence-corrected chi connectivity index (χ3v) is 11.6. The Bertz CT molecular complexity index is 3890. The van der Waals surface area contributed by atoms with Crippen molar-refractivity contribution in [1.82, 2.24) is 19.5 Å². The highest BCUT2D eigenvalue weighted by molar-refractivity contribution is 6.22. The molecule has 6 bridgehead atoms. The number of hydrogen-bond donors (Lipinski definition) is 0. The van der Waals surface area contributed by atoms with Gasteiger partial charge in [0, 0.05) is 54.3 Å². The lowest BCUT2D eigenvalue weighted by Gasteiger charge is -2.10. The first kappa shape index (κ1) is 30.5. The summed E-state index contributed by atoms with van der Waals surface area (Å²) in [6, 6.07) is 59.3.